The number of carbonyl (C=O) groups excluding carboxylic acids is 3. The summed E-state index contributed by atoms with van der Waals surface area (Å²) in [5.74, 6) is -1.22. The third-order valence-corrected chi connectivity index (χ3v) is 3.82. The number of aryl methyl sites for hydroxylation is 1. The van der Waals surface area contributed by atoms with Crippen LogP contribution in [0.15, 0.2) is 30.5 Å². The monoisotopic (exact) mass is 300 g/mol. The van der Waals surface area contributed by atoms with Crippen LogP contribution in [0.1, 0.15) is 23.2 Å². The fourth-order valence-electron chi connectivity index (χ4n) is 2.70. The minimum Gasteiger partial charge on any atom is -0.452 e. The van der Waals surface area contributed by atoms with Crippen LogP contribution in [-0.2, 0) is 21.4 Å². The number of imide groups is 1. The summed E-state index contributed by atoms with van der Waals surface area (Å²) in [6, 6.07) is 7.46. The predicted octanol–water partition coefficient (Wildman–Crippen LogP) is 1.48. The number of carbonyl (C=O) groups is 3. The van der Waals surface area contributed by atoms with Gasteiger partial charge in [0.15, 0.2) is 6.61 Å². The average molecular weight is 300 g/mol. The highest BCUT2D eigenvalue weighted by molar-refractivity contribution is 6.05. The van der Waals surface area contributed by atoms with Gasteiger partial charge < -0.3 is 9.30 Å². The number of nitrogens with zero attached hydrogens (tertiary/aromatic N) is 2. The maximum Gasteiger partial charge on any atom is 0.340 e. The molecule has 0 aliphatic carbocycles. The molecule has 0 radical (unpaired) electrons. The molecule has 114 valence electrons. The van der Waals surface area contributed by atoms with E-state index < -0.39 is 18.5 Å². The third kappa shape index (κ3) is 2.47. The van der Waals surface area contributed by atoms with Gasteiger partial charge in [-0.05, 0) is 12.5 Å². The Morgan fingerprint density at radius 1 is 1.27 bits per heavy atom. The van der Waals surface area contributed by atoms with Crippen LogP contribution >= 0.6 is 0 Å². The molecule has 0 spiro atoms. The molecule has 6 nitrogen and oxygen atoms in total. The maximum atomic E-state index is 12.2. The van der Waals surface area contributed by atoms with E-state index in [1.165, 1.54) is 0 Å². The number of amides is 2. The molecule has 6 heteroatoms. The fourth-order valence-corrected chi connectivity index (χ4v) is 2.70. The van der Waals surface area contributed by atoms with E-state index in [9.17, 15) is 14.4 Å². The minimum atomic E-state index is -0.559. The molecule has 3 rings (SSSR count). The van der Waals surface area contributed by atoms with Gasteiger partial charge in [0.1, 0.15) is 0 Å². The van der Waals surface area contributed by atoms with Crippen molar-refractivity contribution in [3.63, 3.8) is 0 Å². The van der Waals surface area contributed by atoms with Gasteiger partial charge in [0.05, 0.1) is 5.56 Å². The zero-order chi connectivity index (χ0) is 15.7. The van der Waals surface area contributed by atoms with E-state index in [4.69, 9.17) is 4.74 Å². The van der Waals surface area contributed by atoms with E-state index in [0.29, 0.717) is 24.9 Å². The second kappa shape index (κ2) is 5.63. The number of hydrogen-bond acceptors (Lipinski definition) is 4. The lowest BCUT2D eigenvalue weighted by Gasteiger charge is -2.13. The van der Waals surface area contributed by atoms with Gasteiger partial charge in [0.2, 0.25) is 5.91 Å². The van der Waals surface area contributed by atoms with Crippen LogP contribution in [0.4, 0.5) is 0 Å². The van der Waals surface area contributed by atoms with Crippen molar-refractivity contribution in [2.75, 3.05) is 13.2 Å². The van der Waals surface area contributed by atoms with E-state index in [1.807, 2.05) is 35.9 Å². The second-order valence-corrected chi connectivity index (χ2v) is 5.29. The van der Waals surface area contributed by atoms with Gasteiger partial charge in [-0.15, -0.1) is 0 Å². The number of esters is 1. The van der Waals surface area contributed by atoms with Gasteiger partial charge >= 0.3 is 5.97 Å². The van der Waals surface area contributed by atoms with Crippen molar-refractivity contribution in [2.24, 2.45) is 7.05 Å². The van der Waals surface area contributed by atoms with Crippen molar-refractivity contribution in [1.82, 2.24) is 9.47 Å². The number of ether oxygens (including phenoxy) is 1. The molecule has 1 aromatic heterocycles. The molecule has 1 fully saturated rings. The SMILES string of the molecule is Cn1cc(C(=O)OCC(=O)N2CCCC2=O)c2ccccc21. The molecule has 1 saturated heterocycles. The Bertz CT molecular complexity index is 763. The molecule has 2 aromatic rings. The lowest BCUT2D eigenvalue weighted by atomic mass is 10.2. The van der Waals surface area contributed by atoms with Gasteiger partial charge in [-0.25, -0.2) is 4.79 Å². The van der Waals surface area contributed by atoms with Crippen LogP contribution in [-0.4, -0.2) is 40.4 Å². The van der Waals surface area contributed by atoms with E-state index >= 15 is 0 Å². The Morgan fingerprint density at radius 3 is 2.77 bits per heavy atom. The highest BCUT2D eigenvalue weighted by atomic mass is 16.5. The van der Waals surface area contributed by atoms with Crippen molar-refractivity contribution in [3.05, 3.63) is 36.0 Å². The lowest BCUT2D eigenvalue weighted by molar-refractivity contribution is -0.143. The standard InChI is InChI=1S/C16H16N2O4/c1-17-9-12(11-5-2-3-6-13(11)17)16(21)22-10-15(20)18-8-4-7-14(18)19/h2-3,5-6,9H,4,7-8,10H2,1H3. The van der Waals surface area contributed by atoms with Crippen LogP contribution in [0, 0.1) is 0 Å². The molecule has 0 atom stereocenters. The number of aromatic nitrogens is 1. The molecule has 0 bridgehead atoms. The number of benzene rings is 1. The molecule has 1 aliphatic heterocycles. The number of likely N-dealkylation sites (tertiary alicyclic amines) is 1. The number of hydrogen-bond donors (Lipinski definition) is 0. The predicted molar refractivity (Wildman–Crippen MR) is 79.2 cm³/mol. The highest BCUT2D eigenvalue weighted by Gasteiger charge is 2.27. The molecule has 2 heterocycles. The minimum absolute atomic E-state index is 0.203. The molecule has 0 saturated carbocycles. The Balaban J connectivity index is 1.71. The van der Waals surface area contributed by atoms with Gasteiger partial charge in [0.25, 0.3) is 5.91 Å². The smallest absolute Gasteiger partial charge is 0.340 e. The maximum absolute atomic E-state index is 12.2. The van der Waals surface area contributed by atoms with Crippen LogP contribution in [0.25, 0.3) is 10.9 Å². The molecule has 2 amide bonds. The summed E-state index contributed by atoms with van der Waals surface area (Å²) < 4.78 is 6.91. The Morgan fingerprint density at radius 2 is 2.05 bits per heavy atom. The first-order valence-electron chi connectivity index (χ1n) is 7.12. The molecule has 0 unspecified atom stereocenters. The Labute approximate surface area is 127 Å². The molecule has 0 N–H and O–H groups in total. The Hall–Kier alpha value is -2.63. The summed E-state index contributed by atoms with van der Waals surface area (Å²) >= 11 is 0. The number of rotatable bonds is 3. The van der Waals surface area contributed by atoms with Crippen LogP contribution < -0.4 is 0 Å². The zero-order valence-electron chi connectivity index (χ0n) is 12.2. The van der Waals surface area contributed by atoms with Crippen LogP contribution in [0.3, 0.4) is 0 Å². The first kappa shape index (κ1) is 14.3. The molecular weight excluding hydrogens is 284 g/mol. The average Bonchev–Trinajstić information content (AvgIpc) is 3.09. The van der Waals surface area contributed by atoms with Crippen molar-refractivity contribution in [1.29, 1.82) is 0 Å². The van der Waals surface area contributed by atoms with Crippen molar-refractivity contribution in [3.8, 4) is 0 Å². The topological polar surface area (TPSA) is 68.6 Å². The van der Waals surface area contributed by atoms with Gasteiger partial charge in [-0.2, -0.15) is 0 Å². The quantitative estimate of drug-likeness (QED) is 0.805. The van der Waals surface area contributed by atoms with E-state index in [2.05, 4.69) is 0 Å². The molecular formula is C16H16N2O4. The summed E-state index contributed by atoms with van der Waals surface area (Å²) in [7, 11) is 1.84. The van der Waals surface area contributed by atoms with Crippen molar-refractivity contribution in [2.45, 2.75) is 12.8 Å². The second-order valence-electron chi connectivity index (χ2n) is 5.29. The van der Waals surface area contributed by atoms with Crippen molar-refractivity contribution >= 4 is 28.7 Å². The number of para-hydroxylation sites is 1. The number of fused-ring (bicyclic) bond motifs is 1. The summed E-state index contributed by atoms with van der Waals surface area (Å²) in [6.45, 7) is -0.00270. The van der Waals surface area contributed by atoms with Gasteiger partial charge in [-0.1, -0.05) is 18.2 Å². The summed E-state index contributed by atoms with van der Waals surface area (Å²) in [6.07, 6.45) is 2.73. The lowest BCUT2D eigenvalue weighted by Crippen LogP contribution is -2.35. The molecule has 1 aromatic carbocycles. The summed E-state index contributed by atoms with van der Waals surface area (Å²) in [4.78, 5) is 36.7. The summed E-state index contributed by atoms with van der Waals surface area (Å²) in [5.41, 5.74) is 1.33. The normalized spacial score (nSPS) is 14.6. The van der Waals surface area contributed by atoms with Gasteiger partial charge in [-0.3, -0.25) is 14.5 Å². The van der Waals surface area contributed by atoms with E-state index in [-0.39, 0.29) is 5.91 Å². The molecule has 22 heavy (non-hydrogen) atoms. The van der Waals surface area contributed by atoms with E-state index in [1.54, 1.807) is 6.20 Å². The largest absolute Gasteiger partial charge is 0.452 e. The van der Waals surface area contributed by atoms with Crippen LogP contribution in [0.2, 0.25) is 0 Å². The van der Waals surface area contributed by atoms with Crippen molar-refractivity contribution < 1.29 is 19.1 Å². The zero-order valence-corrected chi connectivity index (χ0v) is 12.2. The first-order valence-corrected chi connectivity index (χ1v) is 7.12. The molecule has 1 aliphatic rings. The summed E-state index contributed by atoms with van der Waals surface area (Å²) in [5, 5.41) is 0.777. The van der Waals surface area contributed by atoms with Crippen LogP contribution in [0.5, 0.6) is 0 Å². The third-order valence-electron chi connectivity index (χ3n) is 3.82. The fraction of sp³-hybridized carbons (Fsp3) is 0.312. The van der Waals surface area contributed by atoms with E-state index in [0.717, 1.165) is 15.8 Å². The first-order chi connectivity index (χ1) is 10.6. The Kier molecular flexibility index (Phi) is 3.66. The highest BCUT2D eigenvalue weighted by Crippen LogP contribution is 2.21. The van der Waals surface area contributed by atoms with Gasteiger partial charge in [0, 0.05) is 37.1 Å².